The van der Waals surface area contributed by atoms with Gasteiger partial charge < -0.3 is 19.9 Å². The Morgan fingerprint density at radius 1 is 1.07 bits per heavy atom. The fourth-order valence-electron chi connectivity index (χ4n) is 3.26. The number of thiophene rings is 1. The summed E-state index contributed by atoms with van der Waals surface area (Å²) in [5, 5.41) is 0.774. The number of pyridine rings is 1. The molecule has 2 aromatic heterocycles. The number of carbonyl (C=O) groups excluding carboxylic acids is 1. The van der Waals surface area contributed by atoms with Crippen LogP contribution in [0.2, 0.25) is 0 Å². The van der Waals surface area contributed by atoms with Gasteiger partial charge in [-0.25, -0.2) is 4.98 Å². The van der Waals surface area contributed by atoms with E-state index in [0.29, 0.717) is 27.6 Å². The molecule has 0 bridgehead atoms. The number of ketones is 1. The van der Waals surface area contributed by atoms with Crippen LogP contribution in [0.5, 0.6) is 17.2 Å². The first-order valence-electron chi connectivity index (χ1n) is 8.92. The minimum absolute atomic E-state index is 0.158. The van der Waals surface area contributed by atoms with Crippen molar-refractivity contribution in [3.05, 3.63) is 65.0 Å². The predicted molar refractivity (Wildman–Crippen MR) is 112 cm³/mol. The van der Waals surface area contributed by atoms with E-state index in [9.17, 15) is 4.79 Å². The highest BCUT2D eigenvalue weighted by Gasteiger charge is 2.22. The number of hydrogen-bond donors (Lipinski definition) is 1. The molecule has 0 amide bonds. The van der Waals surface area contributed by atoms with Crippen LogP contribution in [-0.2, 0) is 0 Å². The van der Waals surface area contributed by atoms with Gasteiger partial charge in [-0.15, -0.1) is 11.3 Å². The number of anilines is 1. The van der Waals surface area contributed by atoms with Gasteiger partial charge in [-0.2, -0.15) is 0 Å². The van der Waals surface area contributed by atoms with Crippen LogP contribution in [0.25, 0.3) is 21.5 Å². The van der Waals surface area contributed by atoms with Crippen molar-refractivity contribution in [3.63, 3.8) is 0 Å². The number of methoxy groups -OCH3 is 1. The number of aromatic nitrogens is 1. The van der Waals surface area contributed by atoms with Gasteiger partial charge in [0.05, 0.1) is 18.5 Å². The Hall–Kier alpha value is -3.58. The van der Waals surface area contributed by atoms with Crippen molar-refractivity contribution in [2.24, 2.45) is 0 Å². The second-order valence-electron chi connectivity index (χ2n) is 6.52. The van der Waals surface area contributed by atoms with Crippen LogP contribution in [0.15, 0.2) is 54.6 Å². The van der Waals surface area contributed by atoms with Crippen LogP contribution in [-0.4, -0.2) is 24.7 Å². The van der Waals surface area contributed by atoms with E-state index in [4.69, 9.17) is 24.9 Å². The van der Waals surface area contributed by atoms with E-state index in [2.05, 4.69) is 0 Å². The second kappa shape index (κ2) is 6.79. The lowest BCUT2D eigenvalue weighted by atomic mass is 10.1. The van der Waals surface area contributed by atoms with E-state index in [-0.39, 0.29) is 12.6 Å². The lowest BCUT2D eigenvalue weighted by Crippen LogP contribution is -2.02. The molecule has 29 heavy (non-hydrogen) atoms. The third-order valence-corrected chi connectivity index (χ3v) is 5.93. The number of ether oxygens (including phenoxy) is 3. The maximum atomic E-state index is 13.1. The van der Waals surface area contributed by atoms with Crippen molar-refractivity contribution in [2.45, 2.75) is 0 Å². The number of fused-ring (bicyclic) bond motifs is 2. The second-order valence-corrected chi connectivity index (χ2v) is 7.52. The maximum absolute atomic E-state index is 13.1. The maximum Gasteiger partial charge on any atom is 0.231 e. The molecule has 4 aromatic rings. The SMILES string of the molecule is COc1ccc(-c2ccc3c(N)c(C(=O)c4ccc5c(c4)OCO5)sc3n2)cc1. The Kier molecular flexibility index (Phi) is 4.10. The quantitative estimate of drug-likeness (QED) is 0.504. The van der Waals surface area contributed by atoms with Crippen LogP contribution < -0.4 is 19.9 Å². The number of nitrogens with zero attached hydrogens (tertiary/aromatic N) is 1. The molecular weight excluding hydrogens is 388 g/mol. The molecule has 1 aliphatic heterocycles. The average Bonchev–Trinajstić information content (AvgIpc) is 3.37. The average molecular weight is 404 g/mol. The Labute approximate surface area is 170 Å². The van der Waals surface area contributed by atoms with Gasteiger partial charge in [0.1, 0.15) is 15.5 Å². The Morgan fingerprint density at radius 2 is 1.86 bits per heavy atom. The lowest BCUT2D eigenvalue weighted by Gasteiger charge is -2.03. The molecule has 144 valence electrons. The van der Waals surface area contributed by atoms with Gasteiger partial charge in [-0.3, -0.25) is 4.79 Å². The Bertz CT molecular complexity index is 1250. The molecule has 0 atom stereocenters. The van der Waals surface area contributed by atoms with Crippen molar-refractivity contribution in [2.75, 3.05) is 19.6 Å². The van der Waals surface area contributed by atoms with E-state index in [1.807, 2.05) is 36.4 Å². The van der Waals surface area contributed by atoms with Gasteiger partial charge in [-0.1, -0.05) is 0 Å². The van der Waals surface area contributed by atoms with E-state index in [1.54, 1.807) is 25.3 Å². The third-order valence-electron chi connectivity index (χ3n) is 4.82. The first-order valence-corrected chi connectivity index (χ1v) is 9.73. The highest BCUT2D eigenvalue weighted by atomic mass is 32.1. The Morgan fingerprint density at radius 3 is 2.66 bits per heavy atom. The molecule has 3 heterocycles. The molecule has 0 aliphatic carbocycles. The van der Waals surface area contributed by atoms with Crippen LogP contribution in [0.4, 0.5) is 5.69 Å². The molecule has 0 fully saturated rings. The van der Waals surface area contributed by atoms with E-state index < -0.39 is 0 Å². The minimum atomic E-state index is -0.158. The van der Waals surface area contributed by atoms with Crippen molar-refractivity contribution < 1.29 is 19.0 Å². The van der Waals surface area contributed by atoms with Crippen LogP contribution >= 0.6 is 11.3 Å². The monoisotopic (exact) mass is 404 g/mol. The molecule has 0 saturated heterocycles. The zero-order chi connectivity index (χ0) is 20.0. The first-order chi connectivity index (χ1) is 14.1. The summed E-state index contributed by atoms with van der Waals surface area (Å²) in [6.07, 6.45) is 0. The number of benzene rings is 2. The molecule has 6 nitrogen and oxygen atoms in total. The number of nitrogens with two attached hydrogens (primary N) is 1. The first kappa shape index (κ1) is 17.5. The summed E-state index contributed by atoms with van der Waals surface area (Å²) in [5.74, 6) is 1.83. The number of rotatable bonds is 4. The topological polar surface area (TPSA) is 83.7 Å². The largest absolute Gasteiger partial charge is 0.497 e. The molecule has 0 spiro atoms. The number of carbonyl (C=O) groups is 1. The van der Waals surface area contributed by atoms with E-state index in [0.717, 1.165) is 27.2 Å². The fraction of sp³-hybridized carbons (Fsp3) is 0.0909. The standard InChI is InChI=1S/C22H16N2O4S/c1-26-14-5-2-12(3-6-14)16-8-7-15-19(23)21(29-22(15)24-16)20(25)13-4-9-17-18(10-13)28-11-27-17/h2-10H,11,23H2,1H3. The Balaban J connectivity index is 1.53. The minimum Gasteiger partial charge on any atom is -0.497 e. The zero-order valence-corrected chi connectivity index (χ0v) is 16.3. The molecule has 0 saturated carbocycles. The van der Waals surface area contributed by atoms with Crippen LogP contribution in [0.3, 0.4) is 0 Å². The summed E-state index contributed by atoms with van der Waals surface area (Å²) in [4.78, 5) is 19.0. The summed E-state index contributed by atoms with van der Waals surface area (Å²) in [5.41, 5.74) is 9.01. The summed E-state index contributed by atoms with van der Waals surface area (Å²) in [7, 11) is 1.63. The van der Waals surface area contributed by atoms with Gasteiger partial charge >= 0.3 is 0 Å². The molecule has 7 heteroatoms. The molecule has 0 radical (unpaired) electrons. The van der Waals surface area contributed by atoms with Crippen molar-refractivity contribution in [1.29, 1.82) is 0 Å². The lowest BCUT2D eigenvalue weighted by molar-refractivity contribution is 0.104. The molecular formula is C22H16N2O4S. The third kappa shape index (κ3) is 2.96. The summed E-state index contributed by atoms with van der Waals surface area (Å²) >= 11 is 1.29. The van der Waals surface area contributed by atoms with Gasteiger partial charge in [0.2, 0.25) is 12.6 Å². The van der Waals surface area contributed by atoms with Gasteiger partial charge in [0.25, 0.3) is 0 Å². The fourth-order valence-corrected chi connectivity index (χ4v) is 4.31. The van der Waals surface area contributed by atoms with Crippen LogP contribution in [0, 0.1) is 0 Å². The molecule has 1 aliphatic rings. The predicted octanol–water partition coefficient (Wildman–Crippen LogP) is 4.51. The molecule has 2 N–H and O–H groups in total. The number of hydrogen-bond acceptors (Lipinski definition) is 7. The molecule has 5 rings (SSSR count). The summed E-state index contributed by atoms with van der Waals surface area (Å²) < 4.78 is 15.9. The van der Waals surface area contributed by atoms with E-state index in [1.165, 1.54) is 11.3 Å². The van der Waals surface area contributed by atoms with Crippen molar-refractivity contribution >= 4 is 33.0 Å². The number of nitrogen functional groups attached to an aromatic ring is 1. The summed E-state index contributed by atoms with van der Waals surface area (Å²) in [6.45, 7) is 0.163. The normalized spacial score (nSPS) is 12.3. The smallest absolute Gasteiger partial charge is 0.231 e. The van der Waals surface area contributed by atoms with E-state index >= 15 is 0 Å². The van der Waals surface area contributed by atoms with Gasteiger partial charge in [-0.05, 0) is 54.6 Å². The van der Waals surface area contributed by atoms with Crippen LogP contribution in [0.1, 0.15) is 15.2 Å². The van der Waals surface area contributed by atoms with Gasteiger partial charge in [0, 0.05) is 16.5 Å². The molecule has 2 aromatic carbocycles. The van der Waals surface area contributed by atoms with Crippen molar-refractivity contribution in [3.8, 4) is 28.5 Å². The summed E-state index contributed by atoms with van der Waals surface area (Å²) in [6, 6.07) is 16.6. The van der Waals surface area contributed by atoms with Gasteiger partial charge in [0.15, 0.2) is 11.5 Å². The zero-order valence-electron chi connectivity index (χ0n) is 15.5. The highest BCUT2D eigenvalue weighted by molar-refractivity contribution is 7.21. The highest BCUT2D eigenvalue weighted by Crippen LogP contribution is 2.38. The molecule has 0 unspecified atom stereocenters. The van der Waals surface area contributed by atoms with Crippen molar-refractivity contribution in [1.82, 2.24) is 4.98 Å².